The summed E-state index contributed by atoms with van der Waals surface area (Å²) in [6.07, 6.45) is 0. The Bertz CT molecular complexity index is 255. The molecule has 0 aliphatic carbocycles. The third-order valence-electron chi connectivity index (χ3n) is 1.03. The standard InChI is InChI=1S/C6H6.C4H7ClN2O/c1-2-4-6-5-3-1;1-3(5)6-7-4(2)8/h1-6H;1-2H3,(H,7,8). The normalized spacial score (nSPS) is 9.79. The molecule has 1 amide bonds. The van der Waals surface area contributed by atoms with Gasteiger partial charge in [-0.2, -0.15) is 5.10 Å². The van der Waals surface area contributed by atoms with Crippen molar-refractivity contribution in [1.82, 2.24) is 5.43 Å². The number of halogens is 1. The van der Waals surface area contributed by atoms with Crippen LogP contribution >= 0.6 is 11.6 Å². The minimum absolute atomic E-state index is 0.218. The van der Waals surface area contributed by atoms with Crippen LogP contribution in [0.3, 0.4) is 0 Å². The van der Waals surface area contributed by atoms with Crippen molar-refractivity contribution in [3.05, 3.63) is 36.4 Å². The largest absolute Gasteiger partial charge is 0.274 e. The van der Waals surface area contributed by atoms with E-state index in [-0.39, 0.29) is 5.91 Å². The highest BCUT2D eigenvalue weighted by Crippen LogP contribution is 1.80. The number of nitrogens with zero attached hydrogens (tertiary/aromatic N) is 1. The van der Waals surface area contributed by atoms with Crippen LogP contribution in [-0.4, -0.2) is 11.1 Å². The van der Waals surface area contributed by atoms with Crippen molar-refractivity contribution in [3.8, 4) is 0 Å². The van der Waals surface area contributed by atoms with Crippen LogP contribution in [0.15, 0.2) is 41.5 Å². The molecule has 4 heteroatoms. The number of amides is 1. The van der Waals surface area contributed by atoms with Gasteiger partial charge in [-0.3, -0.25) is 4.79 Å². The summed E-state index contributed by atoms with van der Waals surface area (Å²) < 4.78 is 0. The number of carbonyl (C=O) groups excluding carboxylic acids is 1. The Morgan fingerprint density at radius 2 is 1.43 bits per heavy atom. The number of nitrogens with one attached hydrogen (secondary N) is 1. The van der Waals surface area contributed by atoms with Gasteiger partial charge in [0.2, 0.25) is 5.91 Å². The third kappa shape index (κ3) is 10.7. The molecular weight excluding hydrogens is 200 g/mol. The Hall–Kier alpha value is -1.35. The first-order chi connectivity index (χ1) is 6.63. The molecule has 0 aromatic heterocycles. The van der Waals surface area contributed by atoms with E-state index in [1.54, 1.807) is 6.92 Å². The molecule has 3 nitrogen and oxygen atoms in total. The maximum Gasteiger partial charge on any atom is 0.236 e. The Labute approximate surface area is 88.8 Å². The molecule has 0 fully saturated rings. The van der Waals surface area contributed by atoms with Gasteiger partial charge < -0.3 is 0 Å². The van der Waals surface area contributed by atoms with Gasteiger partial charge in [0, 0.05) is 6.92 Å². The smallest absolute Gasteiger partial charge is 0.236 e. The Morgan fingerprint density at radius 1 is 1.07 bits per heavy atom. The fraction of sp³-hybridized carbons (Fsp3) is 0.200. The van der Waals surface area contributed by atoms with E-state index in [1.165, 1.54) is 6.92 Å². The number of carbonyl (C=O) groups is 1. The first-order valence-corrected chi connectivity index (χ1v) is 4.47. The highest BCUT2D eigenvalue weighted by atomic mass is 35.5. The van der Waals surface area contributed by atoms with Gasteiger partial charge in [0.25, 0.3) is 0 Å². The molecular formula is C10H13ClN2O. The molecule has 0 bridgehead atoms. The second-order valence-electron chi connectivity index (χ2n) is 2.43. The van der Waals surface area contributed by atoms with Crippen LogP contribution in [-0.2, 0) is 4.79 Å². The SMILES string of the molecule is CC(=O)NN=C(C)Cl.c1ccccc1. The monoisotopic (exact) mass is 212 g/mol. The summed E-state index contributed by atoms with van der Waals surface area (Å²) in [5, 5.41) is 3.73. The van der Waals surface area contributed by atoms with E-state index < -0.39 is 0 Å². The van der Waals surface area contributed by atoms with Gasteiger partial charge in [0.05, 0.1) is 0 Å². The fourth-order valence-electron chi connectivity index (χ4n) is 0.541. The zero-order chi connectivity index (χ0) is 10.8. The minimum Gasteiger partial charge on any atom is -0.274 e. The summed E-state index contributed by atoms with van der Waals surface area (Å²) in [6, 6.07) is 12.0. The maximum atomic E-state index is 10.1. The van der Waals surface area contributed by atoms with Gasteiger partial charge in [-0.15, -0.1) is 0 Å². The van der Waals surface area contributed by atoms with Crippen molar-refractivity contribution in [2.45, 2.75) is 13.8 Å². The van der Waals surface area contributed by atoms with Gasteiger partial charge in [-0.05, 0) is 6.92 Å². The number of hydrogen-bond donors (Lipinski definition) is 1. The zero-order valence-corrected chi connectivity index (χ0v) is 8.95. The lowest BCUT2D eigenvalue weighted by molar-refractivity contribution is -0.118. The second kappa shape index (κ2) is 8.26. The lowest BCUT2D eigenvalue weighted by Crippen LogP contribution is -2.12. The van der Waals surface area contributed by atoms with Crippen molar-refractivity contribution in [2.75, 3.05) is 0 Å². The first kappa shape index (κ1) is 12.7. The Morgan fingerprint density at radius 3 is 1.57 bits per heavy atom. The van der Waals surface area contributed by atoms with E-state index in [2.05, 4.69) is 10.5 Å². The number of rotatable bonds is 1. The molecule has 0 aliphatic rings. The zero-order valence-electron chi connectivity index (χ0n) is 8.20. The number of benzene rings is 1. The fourth-order valence-corrected chi connectivity index (χ4v) is 0.583. The molecule has 0 aliphatic heterocycles. The number of hydrogen-bond acceptors (Lipinski definition) is 2. The second-order valence-corrected chi connectivity index (χ2v) is 2.98. The summed E-state index contributed by atoms with van der Waals surface area (Å²) in [4.78, 5) is 10.1. The Balaban J connectivity index is 0.000000249. The van der Waals surface area contributed by atoms with Gasteiger partial charge >= 0.3 is 0 Å². The van der Waals surface area contributed by atoms with Crippen LogP contribution in [0.2, 0.25) is 0 Å². The van der Waals surface area contributed by atoms with E-state index in [1.807, 2.05) is 36.4 Å². The van der Waals surface area contributed by atoms with Gasteiger partial charge in [0.1, 0.15) is 5.17 Å². The molecule has 14 heavy (non-hydrogen) atoms. The summed E-state index contributed by atoms with van der Waals surface area (Å²) in [5.41, 5.74) is 2.16. The van der Waals surface area contributed by atoms with E-state index >= 15 is 0 Å². The topological polar surface area (TPSA) is 41.5 Å². The molecule has 76 valence electrons. The van der Waals surface area contributed by atoms with Crippen LogP contribution in [0, 0.1) is 0 Å². The van der Waals surface area contributed by atoms with Crippen LogP contribution in [0.4, 0.5) is 0 Å². The van der Waals surface area contributed by atoms with E-state index in [4.69, 9.17) is 11.6 Å². The maximum absolute atomic E-state index is 10.1. The molecule has 0 saturated heterocycles. The van der Waals surface area contributed by atoms with Gasteiger partial charge in [0.15, 0.2) is 0 Å². The van der Waals surface area contributed by atoms with E-state index in [0.29, 0.717) is 5.17 Å². The molecule has 1 rings (SSSR count). The summed E-state index contributed by atoms with van der Waals surface area (Å²) >= 11 is 5.26. The summed E-state index contributed by atoms with van der Waals surface area (Å²) in [7, 11) is 0. The quantitative estimate of drug-likeness (QED) is 0.564. The van der Waals surface area contributed by atoms with Crippen LogP contribution in [0.1, 0.15) is 13.8 Å². The highest BCUT2D eigenvalue weighted by molar-refractivity contribution is 6.64. The number of hydrazone groups is 1. The molecule has 1 N–H and O–H groups in total. The lowest BCUT2D eigenvalue weighted by Gasteiger charge is -1.88. The van der Waals surface area contributed by atoms with Crippen molar-refractivity contribution in [1.29, 1.82) is 0 Å². The summed E-state index contributed by atoms with van der Waals surface area (Å²) in [5.74, 6) is -0.218. The highest BCUT2D eigenvalue weighted by Gasteiger charge is 1.83. The molecule has 1 aromatic rings. The van der Waals surface area contributed by atoms with Gasteiger partial charge in [-0.1, -0.05) is 48.0 Å². The van der Waals surface area contributed by atoms with Crippen LogP contribution < -0.4 is 5.43 Å². The minimum atomic E-state index is -0.218. The molecule has 0 saturated carbocycles. The van der Waals surface area contributed by atoms with Crippen molar-refractivity contribution < 1.29 is 4.79 Å². The van der Waals surface area contributed by atoms with Crippen molar-refractivity contribution in [2.24, 2.45) is 5.10 Å². The molecule has 0 spiro atoms. The lowest BCUT2D eigenvalue weighted by atomic mass is 10.4. The molecule has 0 radical (unpaired) electrons. The van der Waals surface area contributed by atoms with Crippen LogP contribution in [0.5, 0.6) is 0 Å². The van der Waals surface area contributed by atoms with E-state index in [0.717, 1.165) is 0 Å². The predicted octanol–water partition coefficient (Wildman–Crippen LogP) is 2.38. The van der Waals surface area contributed by atoms with Crippen molar-refractivity contribution in [3.63, 3.8) is 0 Å². The third-order valence-corrected chi connectivity index (χ3v) is 1.12. The molecule has 1 aromatic carbocycles. The van der Waals surface area contributed by atoms with Gasteiger partial charge in [-0.25, -0.2) is 5.43 Å². The average molecular weight is 213 g/mol. The Kier molecular flexibility index (Phi) is 7.46. The molecule has 0 atom stereocenters. The molecule has 0 unspecified atom stereocenters. The predicted molar refractivity (Wildman–Crippen MR) is 59.2 cm³/mol. The average Bonchev–Trinajstić information content (AvgIpc) is 2.18. The molecule has 0 heterocycles. The van der Waals surface area contributed by atoms with Crippen molar-refractivity contribution >= 4 is 22.7 Å². The van der Waals surface area contributed by atoms with Crippen LogP contribution in [0.25, 0.3) is 0 Å². The summed E-state index contributed by atoms with van der Waals surface area (Å²) in [6.45, 7) is 2.95. The van der Waals surface area contributed by atoms with E-state index in [9.17, 15) is 4.79 Å². The first-order valence-electron chi connectivity index (χ1n) is 4.09.